The lowest BCUT2D eigenvalue weighted by atomic mass is 10.1. The Labute approximate surface area is 193 Å². The Morgan fingerprint density at radius 1 is 1.03 bits per heavy atom. The highest BCUT2D eigenvalue weighted by Gasteiger charge is 2.14. The zero-order chi connectivity index (χ0) is 22.5. The van der Waals surface area contributed by atoms with E-state index in [0.717, 1.165) is 0 Å². The first-order valence-corrected chi connectivity index (χ1v) is 10.1. The Morgan fingerprint density at radius 3 is 2.45 bits per heavy atom. The summed E-state index contributed by atoms with van der Waals surface area (Å²) < 4.78 is 25.0. The highest BCUT2D eigenvalue weighted by atomic mass is 35.5. The van der Waals surface area contributed by atoms with Crippen LogP contribution in [0.3, 0.4) is 0 Å². The summed E-state index contributed by atoms with van der Waals surface area (Å²) in [5, 5.41) is 13.0. The van der Waals surface area contributed by atoms with Crippen molar-refractivity contribution >= 4 is 46.5 Å². The standard InChI is InChI=1S/C22H17Cl3FNO4/c1-30-20-7-12(10-27-13-5-6-14(22(28)29)18(25)8-13)17(24)9-21(20)31-11-15-16(23)3-2-4-19(15)26/h2-9,27H,10-11H2,1H3,(H,28,29). The number of aromatic carboxylic acids is 1. The van der Waals surface area contributed by atoms with Gasteiger partial charge in [-0.05, 0) is 42.0 Å². The quantitative estimate of drug-likeness (QED) is 0.373. The highest BCUT2D eigenvalue weighted by Crippen LogP contribution is 2.35. The van der Waals surface area contributed by atoms with Gasteiger partial charge < -0.3 is 19.9 Å². The van der Waals surface area contributed by atoms with Crippen LogP contribution >= 0.6 is 34.8 Å². The summed E-state index contributed by atoms with van der Waals surface area (Å²) in [6.45, 7) is 0.224. The molecule has 162 valence electrons. The van der Waals surface area contributed by atoms with Crippen molar-refractivity contribution < 1.29 is 23.8 Å². The zero-order valence-electron chi connectivity index (χ0n) is 16.2. The molecule has 0 radical (unpaired) electrons. The summed E-state index contributed by atoms with van der Waals surface area (Å²) in [4.78, 5) is 11.1. The molecule has 0 spiro atoms. The molecule has 0 saturated heterocycles. The largest absolute Gasteiger partial charge is 0.493 e. The number of ether oxygens (including phenoxy) is 2. The van der Waals surface area contributed by atoms with Gasteiger partial charge in [0.25, 0.3) is 0 Å². The molecule has 5 nitrogen and oxygen atoms in total. The van der Waals surface area contributed by atoms with Crippen molar-refractivity contribution in [1.82, 2.24) is 0 Å². The molecule has 0 aliphatic rings. The third-order valence-electron chi connectivity index (χ3n) is 4.45. The van der Waals surface area contributed by atoms with E-state index in [9.17, 15) is 9.18 Å². The number of methoxy groups -OCH3 is 1. The van der Waals surface area contributed by atoms with E-state index in [0.29, 0.717) is 34.3 Å². The van der Waals surface area contributed by atoms with Crippen molar-refractivity contribution in [2.45, 2.75) is 13.2 Å². The maximum Gasteiger partial charge on any atom is 0.337 e. The lowest BCUT2D eigenvalue weighted by Crippen LogP contribution is -2.04. The molecular weight excluding hydrogens is 468 g/mol. The van der Waals surface area contributed by atoms with Gasteiger partial charge in [-0.2, -0.15) is 0 Å². The van der Waals surface area contributed by atoms with E-state index in [1.807, 2.05) is 0 Å². The van der Waals surface area contributed by atoms with Gasteiger partial charge in [-0.3, -0.25) is 0 Å². The predicted octanol–water partition coefficient (Wildman–Crippen LogP) is 6.68. The van der Waals surface area contributed by atoms with Gasteiger partial charge in [0.2, 0.25) is 0 Å². The second-order valence-corrected chi connectivity index (χ2v) is 7.66. The molecule has 0 heterocycles. The van der Waals surface area contributed by atoms with Gasteiger partial charge in [-0.1, -0.05) is 40.9 Å². The summed E-state index contributed by atoms with van der Waals surface area (Å²) in [7, 11) is 1.48. The normalized spacial score (nSPS) is 10.6. The van der Waals surface area contributed by atoms with Crippen LogP contribution in [0.25, 0.3) is 0 Å². The Kier molecular flexibility index (Phi) is 7.49. The minimum Gasteiger partial charge on any atom is -0.493 e. The molecule has 31 heavy (non-hydrogen) atoms. The van der Waals surface area contributed by atoms with E-state index in [1.54, 1.807) is 24.3 Å². The Morgan fingerprint density at radius 2 is 1.81 bits per heavy atom. The smallest absolute Gasteiger partial charge is 0.337 e. The molecule has 0 aliphatic carbocycles. The molecule has 0 unspecified atom stereocenters. The molecular formula is C22H17Cl3FNO4. The van der Waals surface area contributed by atoms with Crippen LogP contribution in [-0.2, 0) is 13.2 Å². The molecule has 0 amide bonds. The van der Waals surface area contributed by atoms with Crippen LogP contribution in [0.5, 0.6) is 11.5 Å². The Hall–Kier alpha value is -2.67. The van der Waals surface area contributed by atoms with E-state index in [2.05, 4.69) is 5.32 Å². The number of benzene rings is 3. The van der Waals surface area contributed by atoms with Crippen LogP contribution in [0.15, 0.2) is 48.5 Å². The summed E-state index contributed by atoms with van der Waals surface area (Å²) in [6, 6.07) is 12.2. The Bertz CT molecular complexity index is 1100. The number of hydrogen-bond acceptors (Lipinski definition) is 4. The molecule has 2 N–H and O–H groups in total. The average molecular weight is 485 g/mol. The van der Waals surface area contributed by atoms with Crippen molar-refractivity contribution in [2.75, 3.05) is 12.4 Å². The maximum atomic E-state index is 14.0. The van der Waals surface area contributed by atoms with E-state index in [1.165, 1.54) is 31.4 Å². The van der Waals surface area contributed by atoms with Gasteiger partial charge in [0.1, 0.15) is 12.4 Å². The van der Waals surface area contributed by atoms with E-state index >= 15 is 0 Å². The SMILES string of the molecule is COc1cc(CNc2ccc(C(=O)O)c(Cl)c2)c(Cl)cc1OCc1c(F)cccc1Cl. The number of nitrogens with one attached hydrogen (secondary N) is 1. The fraction of sp³-hybridized carbons (Fsp3) is 0.136. The van der Waals surface area contributed by atoms with E-state index < -0.39 is 11.8 Å². The number of carboxylic acid groups (broad SMARTS) is 1. The molecule has 3 rings (SSSR count). The molecule has 3 aromatic carbocycles. The summed E-state index contributed by atoms with van der Waals surface area (Å²) in [5.74, 6) is -0.820. The molecule has 0 saturated carbocycles. The first-order chi connectivity index (χ1) is 14.8. The van der Waals surface area contributed by atoms with Gasteiger partial charge in [-0.25, -0.2) is 9.18 Å². The monoisotopic (exact) mass is 483 g/mol. The molecule has 0 aromatic heterocycles. The van der Waals surface area contributed by atoms with Gasteiger partial charge in [-0.15, -0.1) is 0 Å². The first-order valence-electron chi connectivity index (χ1n) is 8.99. The van der Waals surface area contributed by atoms with Gasteiger partial charge in [0.05, 0.1) is 22.7 Å². The van der Waals surface area contributed by atoms with Crippen LogP contribution in [0.2, 0.25) is 15.1 Å². The third kappa shape index (κ3) is 5.53. The Balaban J connectivity index is 1.75. The number of carbonyl (C=O) groups is 1. The van der Waals surface area contributed by atoms with Crippen LogP contribution in [0.4, 0.5) is 10.1 Å². The fourth-order valence-corrected chi connectivity index (χ4v) is 3.50. The minimum atomic E-state index is -1.10. The predicted molar refractivity (Wildman–Crippen MR) is 119 cm³/mol. The third-order valence-corrected chi connectivity index (χ3v) is 5.47. The summed E-state index contributed by atoms with van der Waals surface area (Å²) >= 11 is 18.4. The lowest BCUT2D eigenvalue weighted by molar-refractivity contribution is 0.0697. The molecule has 3 aromatic rings. The number of rotatable bonds is 8. The summed E-state index contributed by atoms with van der Waals surface area (Å²) in [5.41, 5.74) is 1.57. The number of anilines is 1. The number of halogens is 4. The lowest BCUT2D eigenvalue weighted by Gasteiger charge is -2.15. The van der Waals surface area contributed by atoms with Gasteiger partial charge >= 0.3 is 5.97 Å². The summed E-state index contributed by atoms with van der Waals surface area (Å²) in [6.07, 6.45) is 0. The van der Waals surface area contributed by atoms with Crippen molar-refractivity contribution in [3.05, 3.63) is 86.1 Å². The molecule has 0 bridgehead atoms. The number of carboxylic acids is 1. The van der Waals surface area contributed by atoms with Crippen LogP contribution in [-0.4, -0.2) is 18.2 Å². The van der Waals surface area contributed by atoms with Crippen molar-refractivity contribution in [3.63, 3.8) is 0 Å². The first kappa shape index (κ1) is 23.0. The van der Waals surface area contributed by atoms with Crippen molar-refractivity contribution in [2.24, 2.45) is 0 Å². The van der Waals surface area contributed by atoms with Crippen LogP contribution in [0.1, 0.15) is 21.5 Å². The van der Waals surface area contributed by atoms with Gasteiger partial charge in [0.15, 0.2) is 11.5 Å². The second kappa shape index (κ2) is 10.1. The van der Waals surface area contributed by atoms with E-state index in [4.69, 9.17) is 49.4 Å². The average Bonchev–Trinajstić information content (AvgIpc) is 2.72. The topological polar surface area (TPSA) is 67.8 Å². The minimum absolute atomic E-state index is 0.0170. The molecule has 9 heteroatoms. The molecule has 0 aliphatic heterocycles. The number of hydrogen-bond donors (Lipinski definition) is 2. The maximum absolute atomic E-state index is 14.0. The van der Waals surface area contributed by atoms with Crippen molar-refractivity contribution in [1.29, 1.82) is 0 Å². The second-order valence-electron chi connectivity index (χ2n) is 6.44. The zero-order valence-corrected chi connectivity index (χ0v) is 18.5. The van der Waals surface area contributed by atoms with Crippen LogP contribution in [0, 0.1) is 5.82 Å². The molecule has 0 atom stereocenters. The molecule has 0 fully saturated rings. The van der Waals surface area contributed by atoms with E-state index in [-0.39, 0.29) is 27.8 Å². The van der Waals surface area contributed by atoms with Crippen LogP contribution < -0.4 is 14.8 Å². The highest BCUT2D eigenvalue weighted by molar-refractivity contribution is 6.34. The fourth-order valence-electron chi connectivity index (χ4n) is 2.80. The van der Waals surface area contributed by atoms with Crippen molar-refractivity contribution in [3.8, 4) is 11.5 Å². The van der Waals surface area contributed by atoms with Gasteiger partial charge in [0, 0.05) is 28.9 Å².